The second-order valence-corrected chi connectivity index (χ2v) is 3.38. The maximum absolute atomic E-state index is 11.6. The van der Waals surface area contributed by atoms with Gasteiger partial charge in [-0.05, 0) is 12.1 Å². The molecule has 0 heterocycles. The maximum Gasteiger partial charge on any atom is 0.341 e. The standard InChI is InChI=1S/C13H16O5/c1-11(8-16-10-17-9-15-2)13(14)18-12-6-4-3-5-7-12/h3-7H,1,8-10H2,2H3. The highest BCUT2D eigenvalue weighted by atomic mass is 16.7. The summed E-state index contributed by atoms with van der Waals surface area (Å²) in [5.74, 6) is -0.0489. The summed E-state index contributed by atoms with van der Waals surface area (Å²) in [6, 6.07) is 8.77. The zero-order chi connectivity index (χ0) is 13.2. The van der Waals surface area contributed by atoms with Gasteiger partial charge < -0.3 is 18.9 Å². The van der Waals surface area contributed by atoms with E-state index in [0.717, 1.165) is 0 Å². The average Bonchev–Trinajstić information content (AvgIpc) is 2.39. The van der Waals surface area contributed by atoms with Gasteiger partial charge in [0.2, 0.25) is 0 Å². The number of hydrogen-bond acceptors (Lipinski definition) is 5. The average molecular weight is 252 g/mol. The Hall–Kier alpha value is -1.69. The van der Waals surface area contributed by atoms with Crippen LogP contribution < -0.4 is 4.74 Å². The number of esters is 1. The highest BCUT2D eigenvalue weighted by Gasteiger charge is 2.09. The number of carbonyl (C=O) groups is 1. The maximum atomic E-state index is 11.6. The summed E-state index contributed by atoms with van der Waals surface area (Å²) in [6.45, 7) is 3.81. The van der Waals surface area contributed by atoms with Crippen molar-refractivity contribution in [2.45, 2.75) is 0 Å². The number of carbonyl (C=O) groups excluding carboxylic acids is 1. The van der Waals surface area contributed by atoms with Crippen LogP contribution in [-0.4, -0.2) is 33.3 Å². The fourth-order valence-electron chi connectivity index (χ4n) is 1.07. The Morgan fingerprint density at radius 2 is 1.89 bits per heavy atom. The molecule has 0 saturated carbocycles. The van der Waals surface area contributed by atoms with Crippen molar-refractivity contribution in [1.82, 2.24) is 0 Å². The van der Waals surface area contributed by atoms with Crippen molar-refractivity contribution < 1.29 is 23.7 Å². The van der Waals surface area contributed by atoms with Gasteiger partial charge in [-0.3, -0.25) is 0 Å². The third-order valence-corrected chi connectivity index (χ3v) is 1.89. The molecule has 1 aromatic rings. The first kappa shape index (κ1) is 14.4. The molecule has 0 spiro atoms. The van der Waals surface area contributed by atoms with E-state index >= 15 is 0 Å². The van der Waals surface area contributed by atoms with Gasteiger partial charge in [0.25, 0.3) is 0 Å². The van der Waals surface area contributed by atoms with Crippen molar-refractivity contribution in [2.75, 3.05) is 27.3 Å². The largest absolute Gasteiger partial charge is 0.423 e. The first-order valence-electron chi connectivity index (χ1n) is 5.33. The minimum atomic E-state index is -0.520. The third kappa shape index (κ3) is 5.58. The minimum Gasteiger partial charge on any atom is -0.423 e. The highest BCUT2D eigenvalue weighted by Crippen LogP contribution is 2.10. The number of hydrogen-bond donors (Lipinski definition) is 0. The molecule has 98 valence electrons. The summed E-state index contributed by atoms with van der Waals surface area (Å²) in [5, 5.41) is 0. The third-order valence-electron chi connectivity index (χ3n) is 1.89. The summed E-state index contributed by atoms with van der Waals surface area (Å²) >= 11 is 0. The molecule has 0 radical (unpaired) electrons. The molecule has 0 amide bonds. The van der Waals surface area contributed by atoms with Crippen LogP contribution in [0.1, 0.15) is 0 Å². The lowest BCUT2D eigenvalue weighted by Crippen LogP contribution is -2.15. The Morgan fingerprint density at radius 3 is 2.56 bits per heavy atom. The quantitative estimate of drug-likeness (QED) is 0.232. The van der Waals surface area contributed by atoms with E-state index in [1.54, 1.807) is 24.3 Å². The van der Waals surface area contributed by atoms with Crippen LogP contribution in [0, 0.1) is 0 Å². The molecule has 0 aliphatic carbocycles. The predicted molar refractivity (Wildman–Crippen MR) is 65.0 cm³/mol. The fourth-order valence-corrected chi connectivity index (χ4v) is 1.07. The molecular weight excluding hydrogens is 236 g/mol. The zero-order valence-electron chi connectivity index (χ0n) is 10.3. The van der Waals surface area contributed by atoms with Crippen LogP contribution in [-0.2, 0) is 19.0 Å². The van der Waals surface area contributed by atoms with Crippen molar-refractivity contribution in [3.8, 4) is 5.75 Å². The first-order valence-corrected chi connectivity index (χ1v) is 5.33. The van der Waals surface area contributed by atoms with Crippen LogP contribution in [0.5, 0.6) is 5.75 Å². The topological polar surface area (TPSA) is 54.0 Å². The lowest BCUT2D eigenvalue weighted by atomic mass is 10.3. The van der Waals surface area contributed by atoms with Gasteiger partial charge in [-0.15, -0.1) is 0 Å². The van der Waals surface area contributed by atoms with Crippen molar-refractivity contribution >= 4 is 5.97 Å². The Balaban J connectivity index is 2.23. The Morgan fingerprint density at radius 1 is 1.17 bits per heavy atom. The Labute approximate surface area is 106 Å². The van der Waals surface area contributed by atoms with Gasteiger partial charge in [-0.2, -0.15) is 0 Å². The molecule has 0 unspecified atom stereocenters. The number of para-hydroxylation sites is 1. The fraction of sp³-hybridized carbons (Fsp3) is 0.308. The van der Waals surface area contributed by atoms with Crippen LogP contribution >= 0.6 is 0 Å². The summed E-state index contributed by atoms with van der Waals surface area (Å²) in [6.07, 6.45) is 0. The monoisotopic (exact) mass is 252 g/mol. The molecule has 1 aromatic carbocycles. The molecule has 0 N–H and O–H groups in total. The van der Waals surface area contributed by atoms with Gasteiger partial charge >= 0.3 is 5.97 Å². The van der Waals surface area contributed by atoms with Gasteiger partial charge in [-0.25, -0.2) is 4.79 Å². The molecule has 0 aromatic heterocycles. The van der Waals surface area contributed by atoms with Crippen molar-refractivity contribution in [2.24, 2.45) is 0 Å². The molecule has 0 aliphatic rings. The van der Waals surface area contributed by atoms with Crippen LogP contribution in [0.3, 0.4) is 0 Å². The van der Waals surface area contributed by atoms with E-state index in [-0.39, 0.29) is 25.8 Å². The molecule has 5 nitrogen and oxygen atoms in total. The summed E-state index contributed by atoms with van der Waals surface area (Å²) in [5.41, 5.74) is 0.222. The lowest BCUT2D eigenvalue weighted by molar-refractivity contribution is -0.133. The summed E-state index contributed by atoms with van der Waals surface area (Å²) in [7, 11) is 1.51. The molecule has 1 rings (SSSR count). The number of benzene rings is 1. The predicted octanol–water partition coefficient (Wildman–Crippen LogP) is 1.74. The first-order chi connectivity index (χ1) is 8.74. The Kier molecular flexibility index (Phi) is 6.71. The summed E-state index contributed by atoms with van der Waals surface area (Å²) < 4.78 is 19.7. The smallest absolute Gasteiger partial charge is 0.341 e. The molecule has 0 fully saturated rings. The van der Waals surface area contributed by atoms with Crippen molar-refractivity contribution in [3.63, 3.8) is 0 Å². The second kappa shape index (κ2) is 8.41. The highest BCUT2D eigenvalue weighted by molar-refractivity contribution is 5.89. The van der Waals surface area contributed by atoms with Gasteiger partial charge in [0.15, 0.2) is 0 Å². The van der Waals surface area contributed by atoms with Crippen molar-refractivity contribution in [1.29, 1.82) is 0 Å². The molecule has 5 heteroatoms. The van der Waals surface area contributed by atoms with E-state index in [2.05, 4.69) is 11.3 Å². The molecule has 0 bridgehead atoms. The van der Waals surface area contributed by atoms with E-state index in [1.165, 1.54) is 7.11 Å². The van der Waals surface area contributed by atoms with Crippen LogP contribution in [0.4, 0.5) is 0 Å². The van der Waals surface area contributed by atoms with E-state index in [9.17, 15) is 4.79 Å². The number of ether oxygens (including phenoxy) is 4. The molecule has 0 saturated heterocycles. The van der Waals surface area contributed by atoms with Crippen LogP contribution in [0.15, 0.2) is 42.5 Å². The van der Waals surface area contributed by atoms with E-state index in [1.807, 2.05) is 6.07 Å². The van der Waals surface area contributed by atoms with Gasteiger partial charge in [-0.1, -0.05) is 24.8 Å². The zero-order valence-corrected chi connectivity index (χ0v) is 10.3. The van der Waals surface area contributed by atoms with Gasteiger partial charge in [0.05, 0.1) is 12.2 Å². The lowest BCUT2D eigenvalue weighted by Gasteiger charge is -2.07. The number of rotatable bonds is 8. The minimum absolute atomic E-state index is 0.0332. The summed E-state index contributed by atoms with van der Waals surface area (Å²) in [4.78, 5) is 11.6. The van der Waals surface area contributed by atoms with E-state index < -0.39 is 5.97 Å². The van der Waals surface area contributed by atoms with Crippen molar-refractivity contribution in [3.05, 3.63) is 42.5 Å². The molecule has 0 atom stereocenters. The van der Waals surface area contributed by atoms with Crippen LogP contribution in [0.2, 0.25) is 0 Å². The normalized spacial score (nSPS) is 10.1. The van der Waals surface area contributed by atoms with Crippen LogP contribution in [0.25, 0.3) is 0 Å². The van der Waals surface area contributed by atoms with Gasteiger partial charge in [0.1, 0.15) is 19.3 Å². The molecule has 18 heavy (non-hydrogen) atoms. The SMILES string of the molecule is C=C(COCOCOC)C(=O)Oc1ccccc1. The number of methoxy groups -OCH3 is 1. The second-order valence-electron chi connectivity index (χ2n) is 3.38. The molecule has 0 aliphatic heterocycles. The van der Waals surface area contributed by atoms with E-state index in [0.29, 0.717) is 5.75 Å². The van der Waals surface area contributed by atoms with E-state index in [4.69, 9.17) is 14.2 Å². The Bertz CT molecular complexity index is 374. The van der Waals surface area contributed by atoms with Gasteiger partial charge in [0, 0.05) is 7.11 Å². The molecular formula is C13H16O5.